The van der Waals surface area contributed by atoms with Gasteiger partial charge in [-0.1, -0.05) is 12.1 Å². The lowest BCUT2D eigenvalue weighted by Crippen LogP contribution is -2.44. The van der Waals surface area contributed by atoms with E-state index in [4.69, 9.17) is 5.26 Å². The number of carbonyl (C=O) groups is 1. The van der Waals surface area contributed by atoms with Crippen LogP contribution >= 0.6 is 0 Å². The third-order valence-electron chi connectivity index (χ3n) is 6.99. The SMILES string of the molecule is N#CC1=CCC(C(=O)Nc2ccc(C3CCN(C(CO)CO)CC3)cc2C2=CCCCC2)=N1. The Morgan fingerprint density at radius 3 is 2.64 bits per heavy atom. The van der Waals surface area contributed by atoms with Crippen molar-refractivity contribution < 1.29 is 15.0 Å². The van der Waals surface area contributed by atoms with E-state index in [9.17, 15) is 15.0 Å². The van der Waals surface area contributed by atoms with Crippen molar-refractivity contribution in [2.45, 2.75) is 56.9 Å². The van der Waals surface area contributed by atoms with Crippen LogP contribution in [0.3, 0.4) is 0 Å². The van der Waals surface area contributed by atoms with Gasteiger partial charge in [-0.05, 0) is 86.9 Å². The second-order valence-corrected chi connectivity index (χ2v) is 9.03. The molecule has 1 aromatic carbocycles. The van der Waals surface area contributed by atoms with Crippen LogP contribution in [0.2, 0.25) is 0 Å². The maximum Gasteiger partial charge on any atom is 0.270 e. The van der Waals surface area contributed by atoms with Gasteiger partial charge in [0.2, 0.25) is 0 Å². The molecule has 1 amide bonds. The number of nitriles is 1. The Bertz CT molecular complexity index is 1010. The van der Waals surface area contributed by atoms with Gasteiger partial charge in [-0.3, -0.25) is 9.69 Å². The summed E-state index contributed by atoms with van der Waals surface area (Å²) in [6, 6.07) is 8.15. The third-order valence-corrected chi connectivity index (χ3v) is 6.99. The van der Waals surface area contributed by atoms with Crippen LogP contribution in [-0.4, -0.2) is 59.1 Å². The van der Waals surface area contributed by atoms with Crippen LogP contribution in [0.15, 0.2) is 41.0 Å². The number of aliphatic imine (C=N–C) groups is 1. The highest BCUT2D eigenvalue weighted by Gasteiger charge is 2.26. The van der Waals surface area contributed by atoms with Crippen molar-refractivity contribution in [3.05, 3.63) is 47.2 Å². The lowest BCUT2D eigenvalue weighted by Gasteiger charge is -2.36. The lowest BCUT2D eigenvalue weighted by atomic mass is 9.85. The molecule has 0 unspecified atom stereocenters. The van der Waals surface area contributed by atoms with Gasteiger partial charge in [-0.15, -0.1) is 0 Å². The number of amides is 1. The minimum Gasteiger partial charge on any atom is -0.395 e. The van der Waals surface area contributed by atoms with E-state index in [1.54, 1.807) is 6.08 Å². The van der Waals surface area contributed by atoms with Gasteiger partial charge in [-0.25, -0.2) is 4.99 Å². The molecule has 2 aliphatic heterocycles. The monoisotopic (exact) mass is 448 g/mol. The maximum absolute atomic E-state index is 12.8. The summed E-state index contributed by atoms with van der Waals surface area (Å²) in [5, 5.41) is 31.0. The number of anilines is 1. The van der Waals surface area contributed by atoms with Gasteiger partial charge in [0.05, 0.1) is 19.3 Å². The number of carbonyl (C=O) groups excluding carboxylic acids is 1. The molecule has 0 aromatic heterocycles. The fourth-order valence-electron chi connectivity index (χ4n) is 5.00. The van der Waals surface area contributed by atoms with Crippen LogP contribution in [0.25, 0.3) is 5.57 Å². The van der Waals surface area contributed by atoms with Crippen LogP contribution in [0, 0.1) is 11.3 Å². The molecule has 174 valence electrons. The summed E-state index contributed by atoms with van der Waals surface area (Å²) in [7, 11) is 0. The molecule has 1 aromatic rings. The Kier molecular flexibility index (Phi) is 7.71. The molecule has 1 fully saturated rings. The summed E-state index contributed by atoms with van der Waals surface area (Å²) in [5.74, 6) is 0.155. The molecular formula is C26H32N4O3. The van der Waals surface area contributed by atoms with Crippen molar-refractivity contribution in [1.29, 1.82) is 5.26 Å². The number of nitrogens with one attached hydrogen (secondary N) is 1. The standard InChI is InChI=1S/C26H32N4O3/c27-15-21-7-9-25(28-21)26(33)29-24-8-6-20(14-23(24)19-4-2-1-3-5-19)18-10-12-30(13-11-18)22(16-31)17-32/h4,6-8,14,18,22,31-32H,1-3,5,9-13,16-17H2,(H,29,33). The third kappa shape index (κ3) is 5.41. The largest absolute Gasteiger partial charge is 0.395 e. The summed E-state index contributed by atoms with van der Waals surface area (Å²) in [5.41, 5.74) is 5.09. The molecule has 0 saturated carbocycles. The van der Waals surface area contributed by atoms with Crippen LogP contribution in [0.5, 0.6) is 0 Å². The minimum absolute atomic E-state index is 0.0233. The predicted octanol–water partition coefficient (Wildman–Crippen LogP) is 3.37. The Morgan fingerprint density at radius 2 is 2.00 bits per heavy atom. The summed E-state index contributed by atoms with van der Waals surface area (Å²) < 4.78 is 0. The van der Waals surface area contributed by atoms with Gasteiger partial charge in [0.25, 0.3) is 5.91 Å². The van der Waals surface area contributed by atoms with E-state index >= 15 is 0 Å². The zero-order chi connectivity index (χ0) is 23.2. The fraction of sp³-hybridized carbons (Fsp3) is 0.500. The molecule has 7 nitrogen and oxygen atoms in total. The van der Waals surface area contributed by atoms with Gasteiger partial charge >= 0.3 is 0 Å². The molecule has 0 atom stereocenters. The first-order chi connectivity index (χ1) is 16.1. The number of hydrogen-bond donors (Lipinski definition) is 3. The highest BCUT2D eigenvalue weighted by molar-refractivity contribution is 6.44. The smallest absolute Gasteiger partial charge is 0.270 e. The number of rotatable bonds is 7. The van der Waals surface area contributed by atoms with Gasteiger partial charge in [0.1, 0.15) is 17.5 Å². The van der Waals surface area contributed by atoms with Crippen molar-refractivity contribution in [1.82, 2.24) is 4.90 Å². The number of hydrogen-bond acceptors (Lipinski definition) is 6. The summed E-state index contributed by atoms with van der Waals surface area (Å²) in [4.78, 5) is 19.1. The number of aliphatic hydroxyl groups excluding tert-OH is 2. The molecule has 4 rings (SSSR count). The van der Waals surface area contributed by atoms with Crippen molar-refractivity contribution in [3.8, 4) is 6.07 Å². The minimum atomic E-state index is -0.255. The Hall–Kier alpha value is -2.79. The quantitative estimate of drug-likeness (QED) is 0.593. The first-order valence-corrected chi connectivity index (χ1v) is 11.9. The van der Waals surface area contributed by atoms with Gasteiger partial charge in [0, 0.05) is 17.7 Å². The molecule has 7 heteroatoms. The summed E-state index contributed by atoms with van der Waals surface area (Å²) >= 11 is 0. The molecule has 0 radical (unpaired) electrons. The van der Waals surface area contributed by atoms with E-state index in [1.807, 2.05) is 12.1 Å². The number of benzene rings is 1. The molecule has 1 aliphatic carbocycles. The number of allylic oxidation sites excluding steroid dienone is 4. The summed E-state index contributed by atoms with van der Waals surface area (Å²) in [6.07, 6.45) is 10.7. The second kappa shape index (κ2) is 10.9. The Morgan fingerprint density at radius 1 is 1.21 bits per heavy atom. The molecule has 33 heavy (non-hydrogen) atoms. The van der Waals surface area contributed by atoms with E-state index in [2.05, 4.69) is 33.4 Å². The van der Waals surface area contributed by atoms with E-state index in [0.717, 1.165) is 56.4 Å². The Labute approximate surface area is 195 Å². The van der Waals surface area contributed by atoms with E-state index in [0.29, 0.717) is 23.7 Å². The average molecular weight is 449 g/mol. The zero-order valence-corrected chi connectivity index (χ0v) is 19.0. The number of piperidine rings is 1. The normalized spacial score (nSPS) is 19.6. The molecule has 1 saturated heterocycles. The first-order valence-electron chi connectivity index (χ1n) is 11.9. The molecule has 0 spiro atoms. The Balaban J connectivity index is 1.53. The number of aliphatic hydroxyl groups is 2. The molecule has 3 N–H and O–H groups in total. The topological polar surface area (TPSA) is 109 Å². The molecular weight excluding hydrogens is 416 g/mol. The van der Waals surface area contributed by atoms with Crippen LogP contribution in [0.1, 0.15) is 62.0 Å². The second-order valence-electron chi connectivity index (χ2n) is 9.03. The van der Waals surface area contributed by atoms with Crippen molar-refractivity contribution in [2.75, 3.05) is 31.6 Å². The van der Waals surface area contributed by atoms with Crippen LogP contribution < -0.4 is 5.32 Å². The van der Waals surface area contributed by atoms with E-state index < -0.39 is 0 Å². The zero-order valence-electron chi connectivity index (χ0n) is 19.0. The number of nitrogens with zero attached hydrogens (tertiary/aromatic N) is 3. The van der Waals surface area contributed by atoms with E-state index in [1.165, 1.54) is 17.6 Å². The maximum atomic E-state index is 12.8. The summed E-state index contributed by atoms with van der Waals surface area (Å²) in [6.45, 7) is 1.65. The molecule has 0 bridgehead atoms. The first kappa shape index (κ1) is 23.4. The number of likely N-dealkylation sites (tertiary alicyclic amines) is 1. The van der Waals surface area contributed by atoms with Gasteiger partial charge < -0.3 is 15.5 Å². The van der Waals surface area contributed by atoms with Gasteiger partial charge in [0.15, 0.2) is 0 Å². The molecule has 2 heterocycles. The van der Waals surface area contributed by atoms with Crippen molar-refractivity contribution >= 4 is 22.9 Å². The highest BCUT2D eigenvalue weighted by atomic mass is 16.3. The van der Waals surface area contributed by atoms with E-state index in [-0.39, 0.29) is 25.2 Å². The predicted molar refractivity (Wildman–Crippen MR) is 129 cm³/mol. The highest BCUT2D eigenvalue weighted by Crippen LogP contribution is 2.36. The lowest BCUT2D eigenvalue weighted by molar-refractivity contribution is -0.110. The van der Waals surface area contributed by atoms with Crippen LogP contribution in [0.4, 0.5) is 5.69 Å². The van der Waals surface area contributed by atoms with Crippen LogP contribution in [-0.2, 0) is 4.79 Å². The van der Waals surface area contributed by atoms with Crippen molar-refractivity contribution in [2.24, 2.45) is 4.99 Å². The van der Waals surface area contributed by atoms with Crippen molar-refractivity contribution in [3.63, 3.8) is 0 Å². The molecule has 3 aliphatic rings. The fourth-order valence-corrected chi connectivity index (χ4v) is 5.00. The van der Waals surface area contributed by atoms with Gasteiger partial charge in [-0.2, -0.15) is 5.26 Å². The average Bonchev–Trinajstić information content (AvgIpc) is 3.36.